The summed E-state index contributed by atoms with van der Waals surface area (Å²) in [5.41, 5.74) is 0. The van der Waals surface area contributed by atoms with E-state index in [0.717, 1.165) is 39.3 Å². The van der Waals surface area contributed by atoms with Crippen molar-refractivity contribution in [3.8, 4) is 0 Å². The van der Waals surface area contributed by atoms with Crippen LogP contribution in [-0.4, -0.2) is 47.8 Å². The minimum atomic E-state index is -3.42. The Bertz CT molecular complexity index is 530. The number of nitrogens with one attached hydrogen (secondary N) is 2. The molecule has 0 amide bonds. The number of morpholine rings is 1. The highest BCUT2D eigenvalue weighted by atomic mass is 79.9. The second-order valence-corrected chi connectivity index (χ2v) is 7.38. The van der Waals surface area contributed by atoms with E-state index in [4.69, 9.17) is 4.74 Å². The average Bonchev–Trinajstić information content (AvgIpc) is 2.45. The van der Waals surface area contributed by atoms with Gasteiger partial charge in [0.05, 0.1) is 24.7 Å². The van der Waals surface area contributed by atoms with Crippen LogP contribution in [0.4, 0.5) is 0 Å². The minimum Gasteiger partial charge on any atom is -0.370 e. The predicted octanol–water partition coefficient (Wildman–Crippen LogP) is 0.0326. The molecule has 1 aromatic carbocycles. The highest BCUT2D eigenvalue weighted by Crippen LogP contribution is 2.20. The van der Waals surface area contributed by atoms with Crippen molar-refractivity contribution in [1.29, 1.82) is 0 Å². The number of halogens is 1. The summed E-state index contributed by atoms with van der Waals surface area (Å²) in [6.07, 6.45) is 0.832. The number of benzene rings is 1. The van der Waals surface area contributed by atoms with Gasteiger partial charge in [0.2, 0.25) is 10.0 Å². The molecule has 1 aliphatic rings. The van der Waals surface area contributed by atoms with Crippen LogP contribution in [0.1, 0.15) is 6.42 Å². The lowest BCUT2D eigenvalue weighted by molar-refractivity contribution is -0.908. The highest BCUT2D eigenvalue weighted by Gasteiger charge is 2.17. The lowest BCUT2D eigenvalue weighted by Crippen LogP contribution is -3.14. The predicted molar refractivity (Wildman–Crippen MR) is 80.3 cm³/mol. The molecule has 1 aliphatic heterocycles. The quantitative estimate of drug-likeness (QED) is 0.701. The van der Waals surface area contributed by atoms with E-state index in [2.05, 4.69) is 20.7 Å². The van der Waals surface area contributed by atoms with Gasteiger partial charge < -0.3 is 9.64 Å². The van der Waals surface area contributed by atoms with Gasteiger partial charge in [-0.25, -0.2) is 13.1 Å². The van der Waals surface area contributed by atoms with Crippen LogP contribution in [0.3, 0.4) is 0 Å². The first-order valence-electron chi connectivity index (χ1n) is 6.75. The van der Waals surface area contributed by atoms with E-state index in [1.807, 2.05) is 0 Å². The first-order valence-corrected chi connectivity index (χ1v) is 9.03. The number of hydrogen-bond acceptors (Lipinski definition) is 3. The van der Waals surface area contributed by atoms with Crippen LogP contribution >= 0.6 is 15.9 Å². The SMILES string of the molecule is O=S(=O)(NCCC[NH+]1CCOCC1)c1ccccc1Br. The van der Waals surface area contributed by atoms with Gasteiger partial charge in [0.1, 0.15) is 13.1 Å². The Labute approximate surface area is 128 Å². The Kier molecular flexibility index (Phi) is 5.98. The third kappa shape index (κ3) is 4.53. The van der Waals surface area contributed by atoms with Crippen LogP contribution in [0, 0.1) is 0 Å². The van der Waals surface area contributed by atoms with E-state index in [1.54, 1.807) is 24.3 Å². The lowest BCUT2D eigenvalue weighted by atomic mass is 10.3. The van der Waals surface area contributed by atoms with Crippen molar-refractivity contribution in [2.24, 2.45) is 0 Å². The summed E-state index contributed by atoms with van der Waals surface area (Å²) in [6, 6.07) is 6.84. The summed E-state index contributed by atoms with van der Waals surface area (Å²) in [7, 11) is -3.42. The number of sulfonamides is 1. The molecule has 1 aromatic rings. The van der Waals surface area contributed by atoms with E-state index in [9.17, 15) is 8.42 Å². The Balaban J connectivity index is 1.79. The molecule has 1 saturated heterocycles. The molecule has 0 atom stereocenters. The fraction of sp³-hybridized carbons (Fsp3) is 0.538. The molecule has 0 aromatic heterocycles. The number of hydrogen-bond donors (Lipinski definition) is 2. The van der Waals surface area contributed by atoms with Gasteiger partial charge >= 0.3 is 0 Å². The summed E-state index contributed by atoms with van der Waals surface area (Å²) >= 11 is 3.27. The number of quaternary nitrogens is 1. The summed E-state index contributed by atoms with van der Waals surface area (Å²) in [4.78, 5) is 1.77. The molecule has 20 heavy (non-hydrogen) atoms. The van der Waals surface area contributed by atoms with Crippen molar-refractivity contribution >= 4 is 26.0 Å². The summed E-state index contributed by atoms with van der Waals surface area (Å²) in [5.74, 6) is 0. The van der Waals surface area contributed by atoms with Gasteiger partial charge in [0, 0.05) is 17.4 Å². The number of rotatable bonds is 6. The standard InChI is InChI=1S/C13H19BrN2O3S/c14-12-4-1-2-5-13(12)20(17,18)15-6-3-7-16-8-10-19-11-9-16/h1-2,4-5,15H,3,6-11H2/p+1. The van der Waals surface area contributed by atoms with Gasteiger partial charge in [0.25, 0.3) is 0 Å². The fourth-order valence-electron chi connectivity index (χ4n) is 2.20. The van der Waals surface area contributed by atoms with Crippen LogP contribution < -0.4 is 9.62 Å². The maximum Gasteiger partial charge on any atom is 0.241 e. The average molecular weight is 364 g/mol. The second-order valence-electron chi connectivity index (χ2n) is 4.79. The summed E-state index contributed by atoms with van der Waals surface area (Å²) < 4.78 is 32.8. The summed E-state index contributed by atoms with van der Waals surface area (Å²) in [6.45, 7) is 5.07. The molecule has 5 nitrogen and oxygen atoms in total. The molecule has 0 bridgehead atoms. The molecule has 2 rings (SSSR count). The first kappa shape index (κ1) is 15.9. The molecule has 0 saturated carbocycles. The van der Waals surface area contributed by atoms with Gasteiger partial charge in [-0.1, -0.05) is 12.1 Å². The Morgan fingerprint density at radius 1 is 1.25 bits per heavy atom. The molecule has 7 heteroatoms. The van der Waals surface area contributed by atoms with Crippen molar-refractivity contribution in [1.82, 2.24) is 4.72 Å². The topological polar surface area (TPSA) is 59.8 Å². The third-order valence-electron chi connectivity index (χ3n) is 3.33. The zero-order chi connectivity index (χ0) is 14.4. The molecule has 1 heterocycles. The van der Waals surface area contributed by atoms with Gasteiger partial charge in [-0.05, 0) is 28.1 Å². The molecule has 0 radical (unpaired) electrons. The Hall–Kier alpha value is -0.470. The van der Waals surface area contributed by atoms with Crippen LogP contribution in [-0.2, 0) is 14.8 Å². The van der Waals surface area contributed by atoms with Crippen molar-refractivity contribution in [2.45, 2.75) is 11.3 Å². The van der Waals surface area contributed by atoms with Crippen molar-refractivity contribution in [3.05, 3.63) is 28.7 Å². The van der Waals surface area contributed by atoms with Gasteiger partial charge in [0.15, 0.2) is 0 Å². The molecule has 2 N–H and O–H groups in total. The van der Waals surface area contributed by atoms with Crippen LogP contribution in [0.15, 0.2) is 33.6 Å². The van der Waals surface area contributed by atoms with Crippen molar-refractivity contribution in [2.75, 3.05) is 39.4 Å². The van der Waals surface area contributed by atoms with Crippen molar-refractivity contribution < 1.29 is 18.1 Å². The fourth-order valence-corrected chi connectivity index (χ4v) is 4.27. The van der Waals surface area contributed by atoms with Gasteiger partial charge in [-0.3, -0.25) is 0 Å². The van der Waals surface area contributed by atoms with Gasteiger partial charge in [-0.15, -0.1) is 0 Å². The molecular formula is C13H20BrN2O3S+. The minimum absolute atomic E-state index is 0.290. The Morgan fingerprint density at radius 2 is 1.95 bits per heavy atom. The maximum absolute atomic E-state index is 12.1. The van der Waals surface area contributed by atoms with E-state index >= 15 is 0 Å². The molecule has 0 unspecified atom stereocenters. The molecular weight excluding hydrogens is 344 g/mol. The van der Waals surface area contributed by atoms with Crippen LogP contribution in [0.2, 0.25) is 0 Å². The zero-order valence-corrected chi connectivity index (χ0v) is 13.7. The third-order valence-corrected chi connectivity index (χ3v) is 5.80. The molecule has 1 fully saturated rings. The molecule has 112 valence electrons. The molecule has 0 spiro atoms. The van der Waals surface area contributed by atoms with Crippen molar-refractivity contribution in [3.63, 3.8) is 0 Å². The zero-order valence-electron chi connectivity index (χ0n) is 11.3. The monoisotopic (exact) mass is 363 g/mol. The molecule has 0 aliphatic carbocycles. The smallest absolute Gasteiger partial charge is 0.241 e. The Morgan fingerprint density at radius 3 is 2.65 bits per heavy atom. The van der Waals surface area contributed by atoms with E-state index < -0.39 is 10.0 Å². The maximum atomic E-state index is 12.1. The largest absolute Gasteiger partial charge is 0.370 e. The van der Waals surface area contributed by atoms with Crippen LogP contribution in [0.25, 0.3) is 0 Å². The normalized spacial score (nSPS) is 17.2. The van der Waals surface area contributed by atoms with Crippen LogP contribution in [0.5, 0.6) is 0 Å². The summed E-state index contributed by atoms with van der Waals surface area (Å²) in [5, 5.41) is 0. The highest BCUT2D eigenvalue weighted by molar-refractivity contribution is 9.10. The second kappa shape index (κ2) is 7.51. The van der Waals surface area contributed by atoms with E-state index in [0.29, 0.717) is 15.9 Å². The number of ether oxygens (including phenoxy) is 1. The van der Waals surface area contributed by atoms with E-state index in [1.165, 1.54) is 4.90 Å². The van der Waals surface area contributed by atoms with Gasteiger partial charge in [-0.2, -0.15) is 0 Å². The van der Waals surface area contributed by atoms with E-state index in [-0.39, 0.29) is 0 Å². The lowest BCUT2D eigenvalue weighted by Gasteiger charge is -2.23. The first-order chi connectivity index (χ1) is 9.59.